The van der Waals surface area contributed by atoms with Gasteiger partial charge in [0.05, 0.1) is 29.7 Å². The lowest BCUT2D eigenvalue weighted by Gasteiger charge is -2.43. The van der Waals surface area contributed by atoms with Crippen LogP contribution in [0.3, 0.4) is 0 Å². The number of aromatic nitrogens is 1. The fourth-order valence-electron chi connectivity index (χ4n) is 8.11. The highest BCUT2D eigenvalue weighted by atomic mass is 79.9. The molecule has 4 unspecified atom stereocenters. The van der Waals surface area contributed by atoms with Crippen LogP contribution in [0.5, 0.6) is 11.5 Å². The van der Waals surface area contributed by atoms with Crippen LogP contribution in [0.1, 0.15) is 22.8 Å². The first-order chi connectivity index (χ1) is 22.3. The third-order valence-corrected chi connectivity index (χ3v) is 12.9. The van der Waals surface area contributed by atoms with Crippen molar-refractivity contribution in [2.24, 2.45) is 29.6 Å². The van der Waals surface area contributed by atoms with E-state index in [1.54, 1.807) is 43.1 Å². The van der Waals surface area contributed by atoms with Crippen molar-refractivity contribution in [2.75, 3.05) is 23.9 Å². The van der Waals surface area contributed by atoms with Crippen molar-refractivity contribution in [1.82, 2.24) is 4.98 Å². The number of H-pyrrole nitrogens is 1. The second-order valence-corrected chi connectivity index (χ2v) is 15.2. The fraction of sp³-hybridized carbons (Fsp3) is 0.294. The zero-order chi connectivity index (χ0) is 31.7. The number of anilines is 2. The number of halogens is 1. The van der Waals surface area contributed by atoms with Crippen LogP contribution in [0.15, 0.2) is 87.1 Å². The second kappa shape index (κ2) is 11.4. The maximum Gasteiger partial charge on any atom is 0.305 e. The molecule has 1 saturated heterocycles. The standard InChI is InChI=1S/C34H28BrN3O6S2/c1-43-19-10-8-18(9-11-19)38-32(40)27-21-14-22(28(27)33(38)41)29-26(21)25(30-31(45-29)37-34(42)46-30)20-13-16(35)7-12-23(20)44-15-24(39)36-17-5-3-2-4-6-17/h2-13,21-22,25-29H,14-15H2,1H3,(H,36,39)(H,37,42)/t21-,22-,25-,26?,27?,28?,29?/m1/s1. The lowest BCUT2D eigenvalue weighted by Crippen LogP contribution is -2.42. The molecule has 1 aromatic heterocycles. The summed E-state index contributed by atoms with van der Waals surface area (Å²) in [5, 5.41) is 3.69. The molecular weight excluding hydrogens is 690 g/mol. The number of amides is 3. The third kappa shape index (κ3) is 4.72. The molecule has 12 heteroatoms. The quantitative estimate of drug-likeness (QED) is 0.229. The number of hydrogen-bond donors (Lipinski definition) is 2. The van der Waals surface area contributed by atoms with Crippen LogP contribution in [0, 0.1) is 29.6 Å². The summed E-state index contributed by atoms with van der Waals surface area (Å²) in [5.41, 5.74) is 2.08. The highest BCUT2D eigenvalue weighted by Crippen LogP contribution is 2.69. The van der Waals surface area contributed by atoms with Crippen molar-refractivity contribution in [3.8, 4) is 11.5 Å². The highest BCUT2D eigenvalue weighted by Gasteiger charge is 2.69. The minimum absolute atomic E-state index is 0.0161. The number of aromatic amines is 1. The molecule has 2 aliphatic heterocycles. The van der Waals surface area contributed by atoms with Crippen LogP contribution < -0.4 is 24.6 Å². The summed E-state index contributed by atoms with van der Waals surface area (Å²) >= 11 is 6.45. The molecule has 3 fully saturated rings. The van der Waals surface area contributed by atoms with E-state index >= 15 is 0 Å². The van der Waals surface area contributed by atoms with Gasteiger partial charge in [0.25, 0.3) is 5.91 Å². The van der Waals surface area contributed by atoms with Gasteiger partial charge in [0.15, 0.2) is 6.61 Å². The van der Waals surface area contributed by atoms with E-state index in [2.05, 4.69) is 26.2 Å². The summed E-state index contributed by atoms with van der Waals surface area (Å²) in [6.07, 6.45) is 0.769. The van der Waals surface area contributed by atoms with Crippen molar-refractivity contribution >= 4 is 68.1 Å². The van der Waals surface area contributed by atoms with Crippen molar-refractivity contribution < 1.29 is 23.9 Å². The normalized spacial score (nSPS) is 27.3. The van der Waals surface area contributed by atoms with E-state index in [9.17, 15) is 19.2 Å². The number of thiazole rings is 1. The summed E-state index contributed by atoms with van der Waals surface area (Å²) in [5.74, 6) is -0.597. The largest absolute Gasteiger partial charge is 0.497 e. The molecule has 2 N–H and O–H groups in total. The first-order valence-electron chi connectivity index (χ1n) is 15.0. The van der Waals surface area contributed by atoms with Gasteiger partial charge in [-0.1, -0.05) is 45.5 Å². The van der Waals surface area contributed by atoms with Crippen LogP contribution >= 0.6 is 39.0 Å². The SMILES string of the molecule is COc1ccc(N2C(=O)C3C(C2=O)[C@@H]2C[C@H]3C3Sc4[nH]c(=O)sc4[C@H](c4cc(Br)ccc4OCC(=O)Nc4ccccc4)C32)cc1. The van der Waals surface area contributed by atoms with Gasteiger partial charge in [-0.3, -0.25) is 24.1 Å². The smallest absolute Gasteiger partial charge is 0.305 e. The molecule has 4 aliphatic rings. The predicted molar refractivity (Wildman–Crippen MR) is 179 cm³/mol. The van der Waals surface area contributed by atoms with Crippen molar-refractivity contribution in [3.63, 3.8) is 0 Å². The van der Waals surface area contributed by atoms with E-state index in [1.165, 1.54) is 16.2 Å². The molecule has 2 bridgehead atoms. The molecule has 8 rings (SSSR count). The number of hydrogen-bond acceptors (Lipinski definition) is 8. The summed E-state index contributed by atoms with van der Waals surface area (Å²) in [6, 6.07) is 21.9. The summed E-state index contributed by atoms with van der Waals surface area (Å²) in [7, 11) is 1.58. The number of nitrogens with zero attached hydrogens (tertiary/aromatic N) is 1. The van der Waals surface area contributed by atoms with Gasteiger partial charge in [-0.2, -0.15) is 0 Å². The number of benzene rings is 3. The summed E-state index contributed by atoms with van der Waals surface area (Å²) in [6.45, 7) is -0.199. The Bertz CT molecular complexity index is 1930. The van der Waals surface area contributed by atoms with Crippen LogP contribution in [-0.2, 0) is 14.4 Å². The maximum atomic E-state index is 14.1. The number of rotatable bonds is 7. The van der Waals surface area contributed by atoms with Gasteiger partial charge >= 0.3 is 4.87 Å². The van der Waals surface area contributed by atoms with Crippen molar-refractivity contribution in [1.29, 1.82) is 0 Å². The lowest BCUT2D eigenvalue weighted by atomic mass is 9.68. The molecule has 0 spiro atoms. The average Bonchev–Trinajstić information content (AvgIpc) is 3.79. The highest BCUT2D eigenvalue weighted by molar-refractivity contribution is 9.10. The van der Waals surface area contributed by atoms with Gasteiger partial charge in [0.2, 0.25) is 11.8 Å². The van der Waals surface area contributed by atoms with Gasteiger partial charge in [0.1, 0.15) is 11.5 Å². The fourth-order valence-corrected chi connectivity index (χ4v) is 11.4. The van der Waals surface area contributed by atoms with Crippen LogP contribution in [0.25, 0.3) is 0 Å². The Hall–Kier alpha value is -3.87. The van der Waals surface area contributed by atoms with Crippen LogP contribution in [0.4, 0.5) is 11.4 Å². The number of para-hydroxylation sites is 1. The number of carbonyl (C=O) groups is 3. The lowest BCUT2D eigenvalue weighted by molar-refractivity contribution is -0.123. The Labute approximate surface area is 280 Å². The number of fused-ring (bicyclic) bond motifs is 9. The maximum absolute atomic E-state index is 14.1. The van der Waals surface area contributed by atoms with Crippen LogP contribution in [0.2, 0.25) is 0 Å². The van der Waals surface area contributed by atoms with Gasteiger partial charge < -0.3 is 19.8 Å². The Morgan fingerprint density at radius 1 is 1.00 bits per heavy atom. The van der Waals surface area contributed by atoms with Crippen molar-refractivity contribution in [2.45, 2.75) is 22.6 Å². The Morgan fingerprint density at radius 2 is 1.74 bits per heavy atom. The zero-order valence-electron chi connectivity index (χ0n) is 24.5. The molecule has 4 aromatic rings. The molecule has 7 atom stereocenters. The minimum Gasteiger partial charge on any atom is -0.497 e. The Kier molecular flexibility index (Phi) is 7.34. The van der Waals surface area contributed by atoms with E-state index in [0.29, 0.717) is 22.9 Å². The topological polar surface area (TPSA) is 118 Å². The molecule has 3 aromatic carbocycles. The molecule has 46 heavy (non-hydrogen) atoms. The molecule has 2 aliphatic carbocycles. The Balaban J connectivity index is 1.14. The van der Waals surface area contributed by atoms with E-state index in [4.69, 9.17) is 9.47 Å². The molecular formula is C34H28BrN3O6S2. The number of carbonyl (C=O) groups excluding carboxylic acids is 3. The van der Waals surface area contributed by atoms with Gasteiger partial charge in [-0.15, -0.1) is 11.8 Å². The number of imide groups is 1. The predicted octanol–water partition coefficient (Wildman–Crippen LogP) is 5.90. The van der Waals surface area contributed by atoms with E-state index in [-0.39, 0.29) is 58.1 Å². The van der Waals surface area contributed by atoms with E-state index in [0.717, 1.165) is 26.4 Å². The summed E-state index contributed by atoms with van der Waals surface area (Å²) in [4.78, 5) is 58.8. The van der Waals surface area contributed by atoms with Gasteiger partial charge in [-0.05, 0) is 78.8 Å². The monoisotopic (exact) mass is 717 g/mol. The first-order valence-corrected chi connectivity index (χ1v) is 17.5. The molecule has 9 nitrogen and oxygen atoms in total. The first kappa shape index (κ1) is 29.5. The average molecular weight is 719 g/mol. The van der Waals surface area contributed by atoms with Gasteiger partial charge in [0, 0.05) is 31.8 Å². The number of nitrogens with one attached hydrogen (secondary N) is 2. The van der Waals surface area contributed by atoms with E-state index < -0.39 is 11.8 Å². The number of methoxy groups -OCH3 is 1. The number of thioether (sulfide) groups is 1. The van der Waals surface area contributed by atoms with Crippen molar-refractivity contribution in [3.05, 3.63) is 97.4 Å². The second-order valence-electron chi connectivity index (χ2n) is 12.1. The number of ether oxygens (including phenoxy) is 2. The zero-order valence-corrected chi connectivity index (χ0v) is 27.7. The molecule has 3 amide bonds. The van der Waals surface area contributed by atoms with E-state index in [1.807, 2.05) is 48.5 Å². The van der Waals surface area contributed by atoms with Gasteiger partial charge in [-0.25, -0.2) is 0 Å². The third-order valence-electron chi connectivity index (χ3n) is 9.78. The molecule has 2 saturated carbocycles. The Morgan fingerprint density at radius 3 is 2.48 bits per heavy atom. The van der Waals surface area contributed by atoms with Crippen LogP contribution in [-0.4, -0.2) is 41.7 Å². The minimum atomic E-state index is -0.436. The molecule has 3 heterocycles. The molecule has 234 valence electrons. The molecule has 0 radical (unpaired) electrons. The summed E-state index contributed by atoms with van der Waals surface area (Å²) < 4.78 is 12.3.